The molecule has 0 aliphatic rings. The standard InChI is InChI=1S/C21H22ClN3O4/c1-3-5-16-10-15(11-18(19(16)26)29-4-2)13-24-25-21(28)20(27)23-12-14-6-8-17(22)9-7-14/h3,6-11,13,26H,1,4-5,12H2,2H3,(H,23,27)(H,25,28)/b24-13+. The van der Waals surface area contributed by atoms with Gasteiger partial charge in [0, 0.05) is 17.1 Å². The van der Waals surface area contributed by atoms with Crippen LogP contribution in [0.2, 0.25) is 5.02 Å². The molecule has 2 aromatic carbocycles. The van der Waals surface area contributed by atoms with Gasteiger partial charge in [-0.15, -0.1) is 6.58 Å². The minimum Gasteiger partial charge on any atom is -0.504 e. The van der Waals surface area contributed by atoms with Gasteiger partial charge < -0.3 is 15.2 Å². The van der Waals surface area contributed by atoms with Crippen LogP contribution in [0.4, 0.5) is 0 Å². The second-order valence-corrected chi connectivity index (χ2v) is 6.40. The Morgan fingerprint density at radius 3 is 2.62 bits per heavy atom. The maximum atomic E-state index is 11.9. The van der Waals surface area contributed by atoms with E-state index in [2.05, 4.69) is 22.4 Å². The monoisotopic (exact) mass is 415 g/mol. The fourth-order valence-corrected chi connectivity index (χ4v) is 2.55. The minimum atomic E-state index is -0.898. The van der Waals surface area contributed by atoms with Crippen LogP contribution in [0.15, 0.2) is 54.2 Å². The lowest BCUT2D eigenvalue weighted by Gasteiger charge is -2.10. The second kappa shape index (κ2) is 10.9. The van der Waals surface area contributed by atoms with Crippen LogP contribution in [0.3, 0.4) is 0 Å². The van der Waals surface area contributed by atoms with E-state index in [1.807, 2.05) is 0 Å². The third-order valence-corrected chi connectivity index (χ3v) is 4.04. The van der Waals surface area contributed by atoms with E-state index in [1.54, 1.807) is 49.4 Å². The number of carbonyl (C=O) groups is 2. The lowest BCUT2D eigenvalue weighted by molar-refractivity contribution is -0.139. The van der Waals surface area contributed by atoms with Gasteiger partial charge in [0.1, 0.15) is 0 Å². The summed E-state index contributed by atoms with van der Waals surface area (Å²) in [4.78, 5) is 23.7. The SMILES string of the molecule is C=CCc1cc(/C=N/NC(=O)C(=O)NCc2ccc(Cl)cc2)cc(OCC)c1O. The van der Waals surface area contributed by atoms with Gasteiger partial charge in [0.05, 0.1) is 12.8 Å². The van der Waals surface area contributed by atoms with E-state index in [9.17, 15) is 14.7 Å². The average molecular weight is 416 g/mol. The minimum absolute atomic E-state index is 0.0366. The smallest absolute Gasteiger partial charge is 0.329 e. The molecule has 0 bridgehead atoms. The number of phenols is 1. The fourth-order valence-electron chi connectivity index (χ4n) is 2.42. The molecule has 0 fully saturated rings. The molecule has 0 aliphatic carbocycles. The fraction of sp³-hybridized carbons (Fsp3) is 0.190. The summed E-state index contributed by atoms with van der Waals surface area (Å²) in [7, 11) is 0. The highest BCUT2D eigenvalue weighted by Gasteiger charge is 2.13. The van der Waals surface area contributed by atoms with Gasteiger partial charge in [-0.1, -0.05) is 29.8 Å². The molecular weight excluding hydrogens is 394 g/mol. The Balaban J connectivity index is 1.96. The first-order valence-corrected chi connectivity index (χ1v) is 9.27. The molecular formula is C21H22ClN3O4. The normalized spacial score (nSPS) is 10.6. The Morgan fingerprint density at radius 1 is 1.24 bits per heavy atom. The zero-order chi connectivity index (χ0) is 21.2. The summed E-state index contributed by atoms with van der Waals surface area (Å²) in [6, 6.07) is 10.2. The summed E-state index contributed by atoms with van der Waals surface area (Å²) in [6.45, 7) is 6.03. The van der Waals surface area contributed by atoms with E-state index in [4.69, 9.17) is 16.3 Å². The zero-order valence-corrected chi connectivity index (χ0v) is 16.7. The maximum absolute atomic E-state index is 11.9. The summed E-state index contributed by atoms with van der Waals surface area (Å²) in [5.74, 6) is -1.37. The number of amides is 2. The molecule has 152 valence electrons. The van der Waals surface area contributed by atoms with Crippen molar-refractivity contribution >= 4 is 29.6 Å². The van der Waals surface area contributed by atoms with Crippen molar-refractivity contribution in [3.8, 4) is 11.5 Å². The number of nitrogens with one attached hydrogen (secondary N) is 2. The predicted octanol–water partition coefficient (Wildman–Crippen LogP) is 2.94. The third-order valence-electron chi connectivity index (χ3n) is 3.79. The van der Waals surface area contributed by atoms with Crippen LogP contribution in [0, 0.1) is 0 Å². The third kappa shape index (κ3) is 6.65. The molecule has 3 N–H and O–H groups in total. The molecule has 2 amide bonds. The molecule has 0 saturated carbocycles. The van der Waals surface area contributed by atoms with E-state index in [1.165, 1.54) is 6.21 Å². The molecule has 0 spiro atoms. The Kier molecular flexibility index (Phi) is 8.24. The summed E-state index contributed by atoms with van der Waals surface area (Å²) >= 11 is 5.80. The Hall–Kier alpha value is -3.32. The summed E-state index contributed by atoms with van der Waals surface area (Å²) in [5.41, 5.74) is 4.17. The lowest BCUT2D eigenvalue weighted by atomic mass is 10.1. The predicted molar refractivity (Wildman–Crippen MR) is 112 cm³/mol. The van der Waals surface area contributed by atoms with Crippen LogP contribution in [0.25, 0.3) is 0 Å². The number of hydrogen-bond acceptors (Lipinski definition) is 5. The molecule has 2 aromatic rings. The van der Waals surface area contributed by atoms with Crippen LogP contribution in [0.1, 0.15) is 23.6 Å². The van der Waals surface area contributed by atoms with Gasteiger partial charge in [-0.2, -0.15) is 5.10 Å². The van der Waals surface area contributed by atoms with Crippen molar-refractivity contribution in [2.45, 2.75) is 19.9 Å². The Labute approximate surface area is 174 Å². The van der Waals surface area contributed by atoms with Gasteiger partial charge in [0.25, 0.3) is 0 Å². The molecule has 0 atom stereocenters. The number of hydrazone groups is 1. The Morgan fingerprint density at radius 2 is 1.97 bits per heavy atom. The van der Waals surface area contributed by atoms with Gasteiger partial charge in [-0.25, -0.2) is 5.43 Å². The van der Waals surface area contributed by atoms with Gasteiger partial charge in [-0.3, -0.25) is 9.59 Å². The number of benzene rings is 2. The highest BCUT2D eigenvalue weighted by molar-refractivity contribution is 6.35. The molecule has 2 rings (SSSR count). The highest BCUT2D eigenvalue weighted by Crippen LogP contribution is 2.31. The van der Waals surface area contributed by atoms with Crippen LogP contribution in [-0.2, 0) is 22.6 Å². The van der Waals surface area contributed by atoms with E-state index < -0.39 is 11.8 Å². The van der Waals surface area contributed by atoms with Gasteiger partial charge in [0.2, 0.25) is 0 Å². The van der Waals surface area contributed by atoms with Crippen LogP contribution in [-0.4, -0.2) is 29.7 Å². The quantitative estimate of drug-likeness (QED) is 0.267. The van der Waals surface area contributed by atoms with Gasteiger partial charge in [0.15, 0.2) is 11.5 Å². The van der Waals surface area contributed by atoms with E-state index in [0.717, 1.165) is 5.56 Å². The summed E-state index contributed by atoms with van der Waals surface area (Å²) in [6.07, 6.45) is 3.45. The van der Waals surface area contributed by atoms with Crippen molar-refractivity contribution in [1.29, 1.82) is 0 Å². The largest absolute Gasteiger partial charge is 0.504 e. The molecule has 0 aromatic heterocycles. The second-order valence-electron chi connectivity index (χ2n) is 5.96. The maximum Gasteiger partial charge on any atom is 0.329 e. The number of allylic oxidation sites excluding steroid dienone is 1. The first kappa shape index (κ1) is 22.0. The Bertz CT molecular complexity index is 911. The van der Waals surface area contributed by atoms with Crippen molar-refractivity contribution in [3.63, 3.8) is 0 Å². The number of nitrogens with zero attached hydrogens (tertiary/aromatic N) is 1. The van der Waals surface area contributed by atoms with Crippen molar-refractivity contribution in [1.82, 2.24) is 10.7 Å². The number of carbonyl (C=O) groups excluding carboxylic acids is 2. The number of rotatable bonds is 8. The van der Waals surface area contributed by atoms with E-state index in [-0.39, 0.29) is 12.3 Å². The van der Waals surface area contributed by atoms with Crippen molar-refractivity contribution < 1.29 is 19.4 Å². The molecule has 8 heteroatoms. The number of halogens is 1. The van der Waals surface area contributed by atoms with Gasteiger partial charge >= 0.3 is 11.8 Å². The highest BCUT2D eigenvalue weighted by atomic mass is 35.5. The average Bonchev–Trinajstić information content (AvgIpc) is 2.71. The van der Waals surface area contributed by atoms with Crippen LogP contribution >= 0.6 is 11.6 Å². The van der Waals surface area contributed by atoms with Gasteiger partial charge in [-0.05, 0) is 48.7 Å². The van der Waals surface area contributed by atoms with Crippen molar-refractivity contribution in [2.75, 3.05) is 6.61 Å². The zero-order valence-electron chi connectivity index (χ0n) is 15.9. The number of hydrogen-bond donors (Lipinski definition) is 3. The first-order chi connectivity index (χ1) is 13.9. The van der Waals surface area contributed by atoms with Crippen LogP contribution in [0.5, 0.6) is 11.5 Å². The lowest BCUT2D eigenvalue weighted by Crippen LogP contribution is -2.37. The topological polar surface area (TPSA) is 100 Å². The molecule has 0 saturated heterocycles. The molecule has 29 heavy (non-hydrogen) atoms. The molecule has 7 nitrogen and oxygen atoms in total. The molecule has 0 heterocycles. The molecule has 0 aliphatic heterocycles. The summed E-state index contributed by atoms with van der Waals surface area (Å²) in [5, 5.41) is 17.1. The van der Waals surface area contributed by atoms with E-state index >= 15 is 0 Å². The van der Waals surface area contributed by atoms with Crippen molar-refractivity contribution in [3.05, 3.63) is 70.8 Å². The number of phenolic OH excluding ortho intramolecular Hbond substituents is 1. The molecule has 0 unspecified atom stereocenters. The van der Waals surface area contributed by atoms with Crippen LogP contribution < -0.4 is 15.5 Å². The van der Waals surface area contributed by atoms with E-state index in [0.29, 0.717) is 34.9 Å². The number of ether oxygens (including phenoxy) is 1. The summed E-state index contributed by atoms with van der Waals surface area (Å²) < 4.78 is 5.41. The number of aromatic hydroxyl groups is 1. The molecule has 0 radical (unpaired) electrons. The first-order valence-electron chi connectivity index (χ1n) is 8.89. The van der Waals surface area contributed by atoms with Crippen molar-refractivity contribution in [2.24, 2.45) is 5.10 Å².